The summed E-state index contributed by atoms with van der Waals surface area (Å²) in [5.41, 5.74) is 7.38. The smallest absolute Gasteiger partial charge is 0.305 e. The zero-order valence-electron chi connectivity index (χ0n) is 18.6. The van der Waals surface area contributed by atoms with Crippen LogP contribution >= 0.6 is 0 Å². The summed E-state index contributed by atoms with van der Waals surface area (Å²) in [5.74, 6) is -2.75. The molecule has 3 rings (SSSR count). The first kappa shape index (κ1) is 23.8. The number of nitrogens with two attached hydrogens (primary N) is 1. The molecule has 3 atom stereocenters. The first-order chi connectivity index (χ1) is 15.7. The Hall–Kier alpha value is -3.88. The Balaban J connectivity index is 1.91. The van der Waals surface area contributed by atoms with Crippen LogP contribution in [-0.2, 0) is 14.4 Å². The number of anilines is 2. The van der Waals surface area contributed by atoms with Crippen LogP contribution in [0.2, 0.25) is 0 Å². The standard InChI is InChI=1S/C24H28N4O5/c1-3-14(2)22-23(32)27-18-10-9-16(25)11-17(18)24(33)28(22)13-20(29)26-19(12-21(30)31)15-7-5-4-6-8-15/h4-11,14,19,22H,3,12-13,25H2,1-2H3,(H,26,29)(H,27,32)(H,30,31)/t14-,19?,22-/m0/s1. The number of hydrogen-bond acceptors (Lipinski definition) is 5. The summed E-state index contributed by atoms with van der Waals surface area (Å²) in [7, 11) is 0. The van der Waals surface area contributed by atoms with Crippen molar-refractivity contribution >= 4 is 35.1 Å². The van der Waals surface area contributed by atoms with Crippen molar-refractivity contribution in [1.29, 1.82) is 0 Å². The molecule has 9 heteroatoms. The minimum atomic E-state index is -1.07. The van der Waals surface area contributed by atoms with Crippen LogP contribution in [0.25, 0.3) is 0 Å². The molecule has 174 valence electrons. The van der Waals surface area contributed by atoms with Gasteiger partial charge in [0, 0.05) is 5.69 Å². The lowest BCUT2D eigenvalue weighted by atomic mass is 9.96. The second-order valence-corrected chi connectivity index (χ2v) is 8.19. The second kappa shape index (κ2) is 10.2. The van der Waals surface area contributed by atoms with Crippen LogP contribution in [0.3, 0.4) is 0 Å². The minimum Gasteiger partial charge on any atom is -0.481 e. The molecular weight excluding hydrogens is 424 g/mol. The van der Waals surface area contributed by atoms with E-state index in [2.05, 4.69) is 10.6 Å². The number of nitrogens with zero attached hydrogens (tertiary/aromatic N) is 1. The molecule has 0 saturated heterocycles. The summed E-state index contributed by atoms with van der Waals surface area (Å²) in [4.78, 5) is 52.1. The monoisotopic (exact) mass is 452 g/mol. The van der Waals surface area contributed by atoms with Crippen LogP contribution < -0.4 is 16.4 Å². The molecule has 1 unspecified atom stereocenters. The first-order valence-electron chi connectivity index (χ1n) is 10.8. The lowest BCUT2D eigenvalue weighted by molar-refractivity contribution is -0.137. The van der Waals surface area contributed by atoms with E-state index in [4.69, 9.17) is 5.73 Å². The van der Waals surface area contributed by atoms with Crippen molar-refractivity contribution in [3.05, 3.63) is 59.7 Å². The van der Waals surface area contributed by atoms with Gasteiger partial charge in [0.25, 0.3) is 5.91 Å². The highest BCUT2D eigenvalue weighted by Gasteiger charge is 2.39. The average Bonchev–Trinajstić information content (AvgIpc) is 2.87. The molecule has 0 aliphatic carbocycles. The van der Waals surface area contributed by atoms with E-state index in [-0.39, 0.29) is 23.8 Å². The first-order valence-corrected chi connectivity index (χ1v) is 10.8. The molecule has 5 N–H and O–H groups in total. The molecule has 0 aromatic heterocycles. The Morgan fingerprint density at radius 2 is 1.88 bits per heavy atom. The Kier molecular flexibility index (Phi) is 7.32. The highest BCUT2D eigenvalue weighted by molar-refractivity contribution is 6.11. The second-order valence-electron chi connectivity index (χ2n) is 8.19. The number of amides is 3. The number of carbonyl (C=O) groups is 4. The fraction of sp³-hybridized carbons (Fsp3) is 0.333. The van der Waals surface area contributed by atoms with E-state index in [9.17, 15) is 24.3 Å². The van der Waals surface area contributed by atoms with Crippen molar-refractivity contribution in [3.8, 4) is 0 Å². The predicted octanol–water partition coefficient (Wildman–Crippen LogP) is 2.41. The Morgan fingerprint density at radius 1 is 1.18 bits per heavy atom. The van der Waals surface area contributed by atoms with E-state index >= 15 is 0 Å². The molecule has 0 saturated carbocycles. The van der Waals surface area contributed by atoms with Crippen LogP contribution in [0.5, 0.6) is 0 Å². The van der Waals surface area contributed by atoms with Gasteiger partial charge in [0.1, 0.15) is 12.6 Å². The van der Waals surface area contributed by atoms with Crippen molar-refractivity contribution < 1.29 is 24.3 Å². The molecule has 1 aliphatic heterocycles. The molecule has 1 aliphatic rings. The number of aliphatic carboxylic acids is 1. The maximum Gasteiger partial charge on any atom is 0.305 e. The van der Waals surface area contributed by atoms with E-state index < -0.39 is 36.4 Å². The molecule has 0 fully saturated rings. The van der Waals surface area contributed by atoms with E-state index in [1.54, 1.807) is 42.5 Å². The molecular formula is C24H28N4O5. The third-order valence-corrected chi connectivity index (χ3v) is 5.81. The van der Waals surface area contributed by atoms with E-state index in [1.807, 2.05) is 13.8 Å². The van der Waals surface area contributed by atoms with Crippen LogP contribution in [0.1, 0.15) is 48.7 Å². The molecule has 1 heterocycles. The number of fused-ring (bicyclic) bond motifs is 1. The number of carbonyl (C=O) groups excluding carboxylic acids is 3. The van der Waals surface area contributed by atoms with Crippen LogP contribution in [0.4, 0.5) is 11.4 Å². The van der Waals surface area contributed by atoms with Crippen molar-refractivity contribution in [2.24, 2.45) is 5.92 Å². The maximum absolute atomic E-state index is 13.4. The molecule has 0 radical (unpaired) electrons. The summed E-state index contributed by atoms with van der Waals surface area (Å²) in [6, 6.07) is 11.7. The number of carboxylic acid groups (broad SMARTS) is 1. The number of rotatable bonds is 8. The lowest BCUT2D eigenvalue weighted by Crippen LogP contribution is -2.52. The number of benzene rings is 2. The van der Waals surface area contributed by atoms with Gasteiger partial charge in [0.2, 0.25) is 11.8 Å². The van der Waals surface area contributed by atoms with Gasteiger partial charge in [-0.05, 0) is 29.7 Å². The van der Waals surface area contributed by atoms with Gasteiger partial charge in [-0.25, -0.2) is 0 Å². The predicted molar refractivity (Wildman–Crippen MR) is 123 cm³/mol. The zero-order chi connectivity index (χ0) is 24.1. The average molecular weight is 453 g/mol. The largest absolute Gasteiger partial charge is 0.481 e. The molecule has 2 aromatic rings. The molecule has 3 amide bonds. The topological polar surface area (TPSA) is 142 Å². The SMILES string of the molecule is CC[C@H](C)[C@H]1C(=O)Nc2ccc(N)cc2C(=O)N1CC(=O)NC(CC(=O)O)c1ccccc1. The quantitative estimate of drug-likeness (QED) is 0.453. The fourth-order valence-corrected chi connectivity index (χ4v) is 3.94. The van der Waals surface area contributed by atoms with Crippen molar-refractivity contribution in [2.75, 3.05) is 17.6 Å². The Morgan fingerprint density at radius 3 is 2.52 bits per heavy atom. The van der Waals surface area contributed by atoms with Gasteiger partial charge in [-0.1, -0.05) is 50.6 Å². The maximum atomic E-state index is 13.4. The molecule has 0 spiro atoms. The van der Waals surface area contributed by atoms with Gasteiger partial charge in [-0.3, -0.25) is 19.2 Å². The highest BCUT2D eigenvalue weighted by atomic mass is 16.4. The van der Waals surface area contributed by atoms with E-state index in [1.165, 1.54) is 11.0 Å². The third-order valence-electron chi connectivity index (χ3n) is 5.81. The van der Waals surface area contributed by atoms with Crippen LogP contribution in [-0.4, -0.2) is 46.3 Å². The zero-order valence-corrected chi connectivity index (χ0v) is 18.6. The summed E-state index contributed by atoms with van der Waals surface area (Å²) < 4.78 is 0. The minimum absolute atomic E-state index is 0.201. The van der Waals surface area contributed by atoms with Gasteiger partial charge >= 0.3 is 5.97 Å². The van der Waals surface area contributed by atoms with Crippen LogP contribution in [0.15, 0.2) is 48.5 Å². The normalized spacial score (nSPS) is 17.4. The van der Waals surface area contributed by atoms with E-state index in [0.717, 1.165) is 0 Å². The number of nitrogen functional groups attached to an aromatic ring is 1. The fourth-order valence-electron chi connectivity index (χ4n) is 3.94. The molecule has 0 bridgehead atoms. The Bertz CT molecular complexity index is 1060. The molecule has 33 heavy (non-hydrogen) atoms. The summed E-state index contributed by atoms with van der Waals surface area (Å²) in [5, 5.41) is 14.8. The lowest BCUT2D eigenvalue weighted by Gasteiger charge is -2.32. The van der Waals surface area contributed by atoms with Crippen molar-refractivity contribution in [1.82, 2.24) is 10.2 Å². The van der Waals surface area contributed by atoms with Gasteiger partial charge in [-0.15, -0.1) is 0 Å². The Labute approximate surface area is 192 Å². The summed E-state index contributed by atoms with van der Waals surface area (Å²) in [6.45, 7) is 3.33. The number of nitrogens with one attached hydrogen (secondary N) is 2. The number of hydrogen-bond donors (Lipinski definition) is 4. The van der Waals surface area contributed by atoms with Gasteiger partial charge in [0.05, 0.1) is 23.7 Å². The summed E-state index contributed by atoms with van der Waals surface area (Å²) >= 11 is 0. The van der Waals surface area contributed by atoms with Crippen molar-refractivity contribution in [2.45, 2.75) is 38.8 Å². The van der Waals surface area contributed by atoms with E-state index in [0.29, 0.717) is 23.4 Å². The third kappa shape index (κ3) is 5.49. The van der Waals surface area contributed by atoms with Gasteiger partial charge < -0.3 is 26.4 Å². The molecule has 9 nitrogen and oxygen atoms in total. The summed E-state index contributed by atoms with van der Waals surface area (Å²) in [6.07, 6.45) is 0.284. The molecule has 2 aromatic carbocycles. The van der Waals surface area contributed by atoms with Gasteiger partial charge in [0.15, 0.2) is 0 Å². The highest BCUT2D eigenvalue weighted by Crippen LogP contribution is 2.28. The van der Waals surface area contributed by atoms with Gasteiger partial charge in [-0.2, -0.15) is 0 Å². The number of carboxylic acids is 1. The van der Waals surface area contributed by atoms with Crippen LogP contribution in [0, 0.1) is 5.92 Å². The van der Waals surface area contributed by atoms with Crippen molar-refractivity contribution in [3.63, 3.8) is 0 Å².